The highest BCUT2D eigenvalue weighted by atomic mass is 32.2. The van der Waals surface area contributed by atoms with Gasteiger partial charge in [0, 0.05) is 0 Å². The number of hydrogen-bond acceptors (Lipinski definition) is 3. The first-order chi connectivity index (χ1) is 8.06. The summed E-state index contributed by atoms with van der Waals surface area (Å²) >= 11 is 1.96. The Bertz CT molecular complexity index is 212. The lowest BCUT2D eigenvalue weighted by atomic mass is 9.95. The molecular formula is C13H27NO2S. The number of aliphatic carboxylic acids is 1. The summed E-state index contributed by atoms with van der Waals surface area (Å²) in [7, 11) is 0. The van der Waals surface area contributed by atoms with E-state index in [4.69, 9.17) is 0 Å². The molecule has 0 aliphatic rings. The summed E-state index contributed by atoms with van der Waals surface area (Å²) in [4.78, 5) is 11.2. The Kier molecular flexibility index (Phi) is 9.65. The zero-order chi connectivity index (χ0) is 13.1. The van der Waals surface area contributed by atoms with Gasteiger partial charge in [-0.1, -0.05) is 20.3 Å². The largest absolute Gasteiger partial charge is 0.480 e. The van der Waals surface area contributed by atoms with E-state index in [1.54, 1.807) is 6.92 Å². The number of rotatable bonds is 11. The number of carboxylic acid groups (broad SMARTS) is 1. The summed E-state index contributed by atoms with van der Waals surface area (Å²) in [5, 5.41) is 12.4. The third-order valence-electron chi connectivity index (χ3n) is 2.80. The fourth-order valence-electron chi connectivity index (χ4n) is 1.60. The average molecular weight is 261 g/mol. The molecule has 17 heavy (non-hydrogen) atoms. The lowest BCUT2D eigenvalue weighted by molar-refractivity contribution is -0.144. The van der Waals surface area contributed by atoms with Gasteiger partial charge in [0.15, 0.2) is 0 Å². The molecule has 2 N–H and O–H groups in total. The molecule has 0 heterocycles. The molecule has 0 aliphatic carbocycles. The third-order valence-corrected chi connectivity index (χ3v) is 4.08. The average Bonchev–Trinajstić information content (AvgIpc) is 2.31. The van der Waals surface area contributed by atoms with Crippen LogP contribution in [0.15, 0.2) is 0 Å². The minimum absolute atomic E-state index is 0.717. The summed E-state index contributed by atoms with van der Waals surface area (Å²) in [6.45, 7) is 6.80. The lowest BCUT2D eigenvalue weighted by Gasteiger charge is -2.26. The van der Waals surface area contributed by atoms with E-state index in [9.17, 15) is 9.90 Å². The van der Waals surface area contributed by atoms with E-state index in [0.29, 0.717) is 0 Å². The second-order valence-electron chi connectivity index (χ2n) is 4.63. The molecule has 0 spiro atoms. The lowest BCUT2D eigenvalue weighted by Crippen LogP contribution is -2.49. The first-order valence-electron chi connectivity index (χ1n) is 6.63. The second kappa shape index (κ2) is 9.77. The number of thioether (sulfide) groups is 1. The topological polar surface area (TPSA) is 49.3 Å². The fourth-order valence-corrected chi connectivity index (χ4v) is 2.50. The van der Waals surface area contributed by atoms with Crippen LogP contribution in [0, 0.1) is 0 Å². The molecule has 0 fully saturated rings. The number of nitrogens with one attached hydrogen (secondary N) is 1. The molecule has 0 bridgehead atoms. The Morgan fingerprint density at radius 2 is 1.94 bits per heavy atom. The van der Waals surface area contributed by atoms with Crippen molar-refractivity contribution in [2.75, 3.05) is 18.1 Å². The van der Waals surface area contributed by atoms with Gasteiger partial charge in [0.2, 0.25) is 0 Å². The molecule has 102 valence electrons. The first-order valence-corrected chi connectivity index (χ1v) is 7.78. The van der Waals surface area contributed by atoms with E-state index in [1.165, 1.54) is 12.2 Å². The standard InChI is InChI=1S/C13H27NO2S/c1-4-9-14-13(3,12(15)16)8-6-7-11-17-10-5-2/h14H,4-11H2,1-3H3,(H,15,16). The number of carboxylic acids is 1. The van der Waals surface area contributed by atoms with Gasteiger partial charge in [-0.15, -0.1) is 0 Å². The summed E-state index contributed by atoms with van der Waals surface area (Å²) in [5.74, 6) is 1.63. The van der Waals surface area contributed by atoms with Crippen molar-refractivity contribution in [3.05, 3.63) is 0 Å². The van der Waals surface area contributed by atoms with Crippen molar-refractivity contribution in [1.29, 1.82) is 0 Å². The molecule has 0 aliphatic heterocycles. The van der Waals surface area contributed by atoms with Gasteiger partial charge in [-0.2, -0.15) is 11.8 Å². The van der Waals surface area contributed by atoms with Crippen LogP contribution in [0.2, 0.25) is 0 Å². The minimum Gasteiger partial charge on any atom is -0.480 e. The van der Waals surface area contributed by atoms with E-state index >= 15 is 0 Å². The van der Waals surface area contributed by atoms with Crippen molar-refractivity contribution in [1.82, 2.24) is 5.32 Å². The molecule has 3 nitrogen and oxygen atoms in total. The van der Waals surface area contributed by atoms with Crippen LogP contribution in [0.5, 0.6) is 0 Å². The van der Waals surface area contributed by atoms with Gasteiger partial charge in [-0.25, -0.2) is 0 Å². The summed E-state index contributed by atoms with van der Waals surface area (Å²) in [6, 6.07) is 0. The van der Waals surface area contributed by atoms with E-state index in [0.717, 1.165) is 38.0 Å². The highest BCUT2D eigenvalue weighted by Gasteiger charge is 2.31. The predicted molar refractivity (Wildman–Crippen MR) is 75.8 cm³/mol. The molecule has 4 heteroatoms. The highest BCUT2D eigenvalue weighted by Crippen LogP contribution is 2.16. The van der Waals surface area contributed by atoms with Gasteiger partial charge in [0.1, 0.15) is 5.54 Å². The van der Waals surface area contributed by atoms with Crippen LogP contribution in [0.4, 0.5) is 0 Å². The van der Waals surface area contributed by atoms with E-state index in [2.05, 4.69) is 19.2 Å². The van der Waals surface area contributed by atoms with E-state index in [-0.39, 0.29) is 0 Å². The Labute approximate surface area is 110 Å². The molecule has 0 rings (SSSR count). The SMILES string of the molecule is CCCNC(C)(CCCCSCCC)C(=O)O. The maximum atomic E-state index is 11.2. The molecule has 0 radical (unpaired) electrons. The van der Waals surface area contributed by atoms with Crippen LogP contribution < -0.4 is 5.32 Å². The number of unbranched alkanes of at least 4 members (excludes halogenated alkanes) is 1. The van der Waals surface area contributed by atoms with Crippen LogP contribution in [0.1, 0.15) is 52.9 Å². The van der Waals surface area contributed by atoms with Crippen molar-refractivity contribution in [3.63, 3.8) is 0 Å². The van der Waals surface area contributed by atoms with Gasteiger partial charge in [0.05, 0.1) is 0 Å². The van der Waals surface area contributed by atoms with Crippen LogP contribution in [-0.4, -0.2) is 34.7 Å². The highest BCUT2D eigenvalue weighted by molar-refractivity contribution is 7.99. The zero-order valence-electron chi connectivity index (χ0n) is 11.4. The Balaban J connectivity index is 3.81. The molecule has 0 saturated carbocycles. The summed E-state index contributed by atoms with van der Waals surface area (Å²) < 4.78 is 0. The molecule has 0 aromatic carbocycles. The number of carbonyl (C=O) groups is 1. The summed E-state index contributed by atoms with van der Waals surface area (Å²) in [6.07, 6.45) is 5.00. The first kappa shape index (κ1) is 16.8. The van der Waals surface area contributed by atoms with Gasteiger partial charge < -0.3 is 10.4 Å². The van der Waals surface area contributed by atoms with E-state index < -0.39 is 11.5 Å². The predicted octanol–water partition coefficient (Wildman–Crippen LogP) is 3.14. The fraction of sp³-hybridized carbons (Fsp3) is 0.923. The van der Waals surface area contributed by atoms with Crippen LogP contribution >= 0.6 is 11.8 Å². The van der Waals surface area contributed by atoms with Crippen molar-refractivity contribution < 1.29 is 9.90 Å². The normalized spacial score (nSPS) is 14.5. The molecule has 0 amide bonds. The quantitative estimate of drug-likeness (QED) is 0.561. The smallest absolute Gasteiger partial charge is 0.323 e. The van der Waals surface area contributed by atoms with Crippen LogP contribution in [0.3, 0.4) is 0 Å². The molecule has 0 aromatic heterocycles. The zero-order valence-corrected chi connectivity index (χ0v) is 12.2. The van der Waals surface area contributed by atoms with Gasteiger partial charge >= 0.3 is 5.97 Å². The molecular weight excluding hydrogens is 234 g/mol. The van der Waals surface area contributed by atoms with Crippen molar-refractivity contribution in [3.8, 4) is 0 Å². The van der Waals surface area contributed by atoms with Crippen molar-refractivity contribution in [2.45, 2.75) is 58.4 Å². The third kappa shape index (κ3) is 7.66. The maximum absolute atomic E-state index is 11.2. The Hall–Kier alpha value is -0.220. The molecule has 0 saturated heterocycles. The van der Waals surface area contributed by atoms with Crippen LogP contribution in [-0.2, 0) is 4.79 Å². The monoisotopic (exact) mass is 261 g/mol. The maximum Gasteiger partial charge on any atom is 0.323 e. The summed E-state index contributed by atoms with van der Waals surface area (Å²) in [5.41, 5.74) is -0.745. The molecule has 1 unspecified atom stereocenters. The second-order valence-corrected chi connectivity index (χ2v) is 5.86. The van der Waals surface area contributed by atoms with Crippen molar-refractivity contribution in [2.24, 2.45) is 0 Å². The van der Waals surface area contributed by atoms with Gasteiger partial charge in [0.25, 0.3) is 0 Å². The van der Waals surface area contributed by atoms with E-state index in [1.807, 2.05) is 11.8 Å². The van der Waals surface area contributed by atoms with Gasteiger partial charge in [-0.05, 0) is 50.7 Å². The molecule has 1 atom stereocenters. The van der Waals surface area contributed by atoms with Crippen molar-refractivity contribution >= 4 is 17.7 Å². The number of hydrogen-bond donors (Lipinski definition) is 2. The van der Waals surface area contributed by atoms with Gasteiger partial charge in [-0.3, -0.25) is 4.79 Å². The van der Waals surface area contributed by atoms with Crippen LogP contribution in [0.25, 0.3) is 0 Å². The molecule has 0 aromatic rings. The minimum atomic E-state index is -0.745. The Morgan fingerprint density at radius 1 is 1.24 bits per heavy atom. The Morgan fingerprint density at radius 3 is 2.47 bits per heavy atom.